The van der Waals surface area contributed by atoms with Crippen molar-refractivity contribution in [3.05, 3.63) is 57.9 Å². The molecule has 1 fully saturated rings. The standard InChI is InChI=1S/C15H17N5O3/c21-15(14-13(20(22)23)10-16-17-14)19-8-6-18(7-9-19)11-12-4-2-1-3-5-12/h1-5,10H,6-9,11H2,(H,16,17)/p+1. The number of hydrogen-bond acceptors (Lipinski definition) is 4. The highest BCUT2D eigenvalue weighted by Gasteiger charge is 2.30. The van der Waals surface area contributed by atoms with Gasteiger partial charge < -0.3 is 9.80 Å². The molecule has 2 heterocycles. The fourth-order valence-electron chi connectivity index (χ4n) is 2.82. The summed E-state index contributed by atoms with van der Waals surface area (Å²) in [5, 5.41) is 17.0. The molecule has 3 rings (SSSR count). The smallest absolute Gasteiger partial charge is 0.319 e. The van der Waals surface area contributed by atoms with Crippen molar-refractivity contribution in [3.63, 3.8) is 0 Å². The van der Waals surface area contributed by atoms with E-state index in [1.807, 2.05) is 18.2 Å². The quantitative estimate of drug-likeness (QED) is 0.606. The highest BCUT2D eigenvalue weighted by molar-refractivity contribution is 5.96. The van der Waals surface area contributed by atoms with Crippen LogP contribution in [0.1, 0.15) is 16.1 Å². The van der Waals surface area contributed by atoms with E-state index in [4.69, 9.17) is 0 Å². The van der Waals surface area contributed by atoms with Crippen molar-refractivity contribution in [1.82, 2.24) is 15.1 Å². The number of carbonyl (C=O) groups is 1. The monoisotopic (exact) mass is 316 g/mol. The fourth-order valence-corrected chi connectivity index (χ4v) is 2.82. The Morgan fingerprint density at radius 3 is 2.65 bits per heavy atom. The van der Waals surface area contributed by atoms with Crippen LogP contribution in [0.2, 0.25) is 0 Å². The van der Waals surface area contributed by atoms with E-state index in [1.165, 1.54) is 10.5 Å². The molecule has 120 valence electrons. The summed E-state index contributed by atoms with van der Waals surface area (Å²) in [7, 11) is 0. The molecule has 0 saturated carbocycles. The van der Waals surface area contributed by atoms with Crippen LogP contribution in [0.5, 0.6) is 0 Å². The van der Waals surface area contributed by atoms with Crippen LogP contribution in [0.4, 0.5) is 5.69 Å². The molecule has 0 unspecified atom stereocenters. The number of nitrogens with zero attached hydrogens (tertiary/aromatic N) is 3. The van der Waals surface area contributed by atoms with Gasteiger partial charge in [-0.25, -0.2) is 0 Å². The third-order valence-corrected chi connectivity index (χ3v) is 4.08. The van der Waals surface area contributed by atoms with Gasteiger partial charge in [0.05, 0.1) is 31.1 Å². The number of nitrogens with one attached hydrogen (secondary N) is 2. The molecule has 0 aliphatic carbocycles. The van der Waals surface area contributed by atoms with Crippen molar-refractivity contribution in [1.29, 1.82) is 0 Å². The SMILES string of the molecule is O=C(c1[nH]ncc1[N+](=O)[O-])N1CC[NH+](Cc2ccccc2)CC1. The van der Waals surface area contributed by atoms with Gasteiger partial charge in [-0.1, -0.05) is 30.3 Å². The van der Waals surface area contributed by atoms with Crippen molar-refractivity contribution in [2.24, 2.45) is 0 Å². The lowest BCUT2D eigenvalue weighted by atomic mass is 10.2. The zero-order valence-corrected chi connectivity index (χ0v) is 12.6. The Labute approximate surface area is 132 Å². The highest BCUT2D eigenvalue weighted by atomic mass is 16.6. The molecular weight excluding hydrogens is 298 g/mol. The molecule has 0 bridgehead atoms. The predicted octanol–water partition coefficient (Wildman–Crippen LogP) is -0.141. The average molecular weight is 316 g/mol. The Bertz CT molecular complexity index is 692. The highest BCUT2D eigenvalue weighted by Crippen LogP contribution is 2.16. The molecule has 1 aromatic heterocycles. The summed E-state index contributed by atoms with van der Waals surface area (Å²) < 4.78 is 0. The molecular formula is C15H18N5O3+. The fraction of sp³-hybridized carbons (Fsp3) is 0.333. The zero-order chi connectivity index (χ0) is 16.2. The molecule has 1 amide bonds. The molecule has 0 spiro atoms. The molecule has 0 radical (unpaired) electrons. The first-order valence-electron chi connectivity index (χ1n) is 7.49. The maximum absolute atomic E-state index is 12.4. The van der Waals surface area contributed by atoms with Crippen molar-refractivity contribution < 1.29 is 14.6 Å². The molecule has 2 N–H and O–H groups in total. The molecule has 8 heteroatoms. The molecule has 1 aromatic carbocycles. The lowest BCUT2D eigenvalue weighted by Gasteiger charge is -2.31. The molecule has 1 aliphatic heterocycles. The van der Waals surface area contributed by atoms with Crippen LogP contribution in [0.3, 0.4) is 0 Å². The Balaban J connectivity index is 1.59. The second-order valence-electron chi connectivity index (χ2n) is 5.59. The second-order valence-corrected chi connectivity index (χ2v) is 5.59. The second kappa shape index (κ2) is 6.57. The number of hydrogen-bond donors (Lipinski definition) is 2. The van der Waals surface area contributed by atoms with Gasteiger partial charge in [0.1, 0.15) is 12.7 Å². The van der Waals surface area contributed by atoms with Crippen molar-refractivity contribution in [2.45, 2.75) is 6.54 Å². The van der Waals surface area contributed by atoms with Gasteiger partial charge in [-0.2, -0.15) is 5.10 Å². The van der Waals surface area contributed by atoms with Crippen LogP contribution in [-0.4, -0.2) is 52.1 Å². The summed E-state index contributed by atoms with van der Waals surface area (Å²) in [6.45, 7) is 3.73. The summed E-state index contributed by atoms with van der Waals surface area (Å²) in [6.07, 6.45) is 1.07. The molecule has 1 aliphatic rings. The molecule has 8 nitrogen and oxygen atoms in total. The normalized spacial score (nSPS) is 15.6. The molecule has 1 saturated heterocycles. The van der Waals surface area contributed by atoms with Crippen LogP contribution in [0, 0.1) is 10.1 Å². The van der Waals surface area contributed by atoms with E-state index in [9.17, 15) is 14.9 Å². The number of benzene rings is 1. The minimum absolute atomic E-state index is 0.0403. The van der Waals surface area contributed by atoms with E-state index in [-0.39, 0.29) is 17.3 Å². The van der Waals surface area contributed by atoms with Gasteiger partial charge >= 0.3 is 5.69 Å². The largest absolute Gasteiger partial charge is 0.328 e. The van der Waals surface area contributed by atoms with E-state index in [0.717, 1.165) is 25.8 Å². The van der Waals surface area contributed by atoms with Crippen LogP contribution < -0.4 is 4.90 Å². The van der Waals surface area contributed by atoms with Gasteiger partial charge in [-0.05, 0) is 0 Å². The van der Waals surface area contributed by atoms with E-state index < -0.39 is 4.92 Å². The van der Waals surface area contributed by atoms with E-state index >= 15 is 0 Å². The van der Waals surface area contributed by atoms with Crippen molar-refractivity contribution in [2.75, 3.05) is 26.2 Å². The third-order valence-electron chi connectivity index (χ3n) is 4.08. The summed E-state index contributed by atoms with van der Waals surface area (Å²) in [6, 6.07) is 10.2. The Kier molecular flexibility index (Phi) is 4.33. The number of H-pyrrole nitrogens is 1. The minimum Gasteiger partial charge on any atom is -0.328 e. The zero-order valence-electron chi connectivity index (χ0n) is 12.6. The first-order valence-corrected chi connectivity index (χ1v) is 7.49. The van der Waals surface area contributed by atoms with Crippen LogP contribution >= 0.6 is 0 Å². The Morgan fingerprint density at radius 1 is 1.30 bits per heavy atom. The van der Waals surface area contributed by atoms with Gasteiger partial charge in [0, 0.05) is 5.56 Å². The summed E-state index contributed by atoms with van der Waals surface area (Å²) >= 11 is 0. The molecule has 0 atom stereocenters. The van der Waals surface area contributed by atoms with Crippen LogP contribution in [-0.2, 0) is 6.54 Å². The lowest BCUT2D eigenvalue weighted by molar-refractivity contribution is -0.917. The number of amides is 1. The lowest BCUT2D eigenvalue weighted by Crippen LogP contribution is -3.13. The number of carbonyl (C=O) groups excluding carboxylic acids is 1. The number of quaternary nitrogens is 1. The summed E-state index contributed by atoms with van der Waals surface area (Å²) in [5.74, 6) is -0.354. The van der Waals surface area contributed by atoms with Gasteiger partial charge in [-0.3, -0.25) is 20.0 Å². The van der Waals surface area contributed by atoms with Gasteiger partial charge in [-0.15, -0.1) is 0 Å². The third kappa shape index (κ3) is 3.37. The van der Waals surface area contributed by atoms with Gasteiger partial charge in [0.15, 0.2) is 0 Å². The first kappa shape index (κ1) is 15.2. The van der Waals surface area contributed by atoms with Crippen molar-refractivity contribution >= 4 is 11.6 Å². The van der Waals surface area contributed by atoms with Crippen LogP contribution in [0.15, 0.2) is 36.5 Å². The number of aromatic amines is 1. The summed E-state index contributed by atoms with van der Waals surface area (Å²) in [4.78, 5) is 25.7. The van der Waals surface area contributed by atoms with Gasteiger partial charge in [0.2, 0.25) is 5.69 Å². The minimum atomic E-state index is -0.590. The number of rotatable bonds is 4. The molecule has 2 aromatic rings. The number of piperazine rings is 1. The van der Waals surface area contributed by atoms with Gasteiger partial charge in [0.25, 0.3) is 5.91 Å². The van der Waals surface area contributed by atoms with E-state index in [0.29, 0.717) is 13.1 Å². The first-order chi connectivity index (χ1) is 11.1. The van der Waals surface area contributed by atoms with E-state index in [2.05, 4.69) is 22.3 Å². The number of nitro groups is 1. The Morgan fingerprint density at radius 2 is 2.00 bits per heavy atom. The maximum Gasteiger partial charge on any atom is 0.319 e. The molecule has 23 heavy (non-hydrogen) atoms. The maximum atomic E-state index is 12.4. The predicted molar refractivity (Wildman–Crippen MR) is 82.0 cm³/mol. The van der Waals surface area contributed by atoms with E-state index in [1.54, 1.807) is 4.90 Å². The Hall–Kier alpha value is -2.74. The average Bonchev–Trinajstić information content (AvgIpc) is 3.06. The summed E-state index contributed by atoms with van der Waals surface area (Å²) in [5.41, 5.74) is 0.960. The van der Waals surface area contributed by atoms with Crippen LogP contribution in [0.25, 0.3) is 0 Å². The number of aromatic nitrogens is 2. The topological polar surface area (TPSA) is 96.6 Å². The van der Waals surface area contributed by atoms with Crippen molar-refractivity contribution in [3.8, 4) is 0 Å².